The first kappa shape index (κ1) is 25.9. The third-order valence-electron chi connectivity index (χ3n) is 6.05. The summed E-state index contributed by atoms with van der Waals surface area (Å²) in [6.45, 7) is 5.94. The molecule has 0 aliphatic heterocycles. The Morgan fingerprint density at radius 1 is 1.11 bits per heavy atom. The Bertz CT molecular complexity index is 1670. The van der Waals surface area contributed by atoms with Crippen LogP contribution in [0.4, 0.5) is 18.9 Å². The molecule has 196 valence electrons. The summed E-state index contributed by atoms with van der Waals surface area (Å²) in [6, 6.07) is 13.2. The number of anilines is 1. The van der Waals surface area contributed by atoms with Gasteiger partial charge in [0, 0.05) is 16.0 Å². The van der Waals surface area contributed by atoms with Gasteiger partial charge in [-0.05, 0) is 56.2 Å². The van der Waals surface area contributed by atoms with Crippen molar-refractivity contribution in [1.82, 2.24) is 24.4 Å². The molecule has 0 radical (unpaired) electrons. The number of aromatic nitrogens is 5. The lowest BCUT2D eigenvalue weighted by molar-refractivity contribution is -0.142. The summed E-state index contributed by atoms with van der Waals surface area (Å²) in [5, 5.41) is 11.8. The van der Waals surface area contributed by atoms with Crippen molar-refractivity contribution in [2.45, 2.75) is 39.9 Å². The predicted molar refractivity (Wildman–Crippen MR) is 141 cm³/mol. The molecule has 0 unspecified atom stereocenters. The number of hydrogen-bond acceptors (Lipinski definition) is 5. The van der Waals surface area contributed by atoms with Gasteiger partial charge in [0.2, 0.25) is 0 Å². The Hall–Kier alpha value is -3.70. The van der Waals surface area contributed by atoms with Gasteiger partial charge in [-0.3, -0.25) is 9.48 Å². The van der Waals surface area contributed by atoms with Crippen LogP contribution in [0.25, 0.3) is 16.2 Å². The minimum absolute atomic E-state index is 0.0727. The number of hydrogen-bond donors (Lipinski definition) is 1. The number of amides is 1. The summed E-state index contributed by atoms with van der Waals surface area (Å²) < 4.78 is 44.2. The molecule has 38 heavy (non-hydrogen) atoms. The van der Waals surface area contributed by atoms with E-state index < -0.39 is 17.8 Å². The minimum atomic E-state index is -4.70. The molecule has 0 atom stereocenters. The van der Waals surface area contributed by atoms with Gasteiger partial charge in [0.15, 0.2) is 17.0 Å². The van der Waals surface area contributed by atoms with E-state index in [9.17, 15) is 18.0 Å². The number of fused-ring (bicyclic) bond motifs is 1. The van der Waals surface area contributed by atoms with E-state index in [2.05, 4.69) is 20.5 Å². The van der Waals surface area contributed by atoms with Crippen LogP contribution in [0.5, 0.6) is 0 Å². The van der Waals surface area contributed by atoms with Crippen molar-refractivity contribution in [2.24, 2.45) is 0 Å². The summed E-state index contributed by atoms with van der Waals surface area (Å²) >= 11 is 7.46. The van der Waals surface area contributed by atoms with Crippen LogP contribution in [0.3, 0.4) is 0 Å². The second-order valence-electron chi connectivity index (χ2n) is 8.73. The van der Waals surface area contributed by atoms with Gasteiger partial charge < -0.3 is 5.32 Å². The number of aryl methyl sites for hydroxylation is 2. The third kappa shape index (κ3) is 5.03. The van der Waals surface area contributed by atoms with Crippen LogP contribution in [-0.4, -0.2) is 30.3 Å². The number of nitrogens with one attached hydrogen (secondary N) is 1. The van der Waals surface area contributed by atoms with Gasteiger partial charge in [0.1, 0.15) is 0 Å². The SMILES string of the molecule is CCc1ccc(-c2cc(C(F)(F)F)n3nc(C(=O)Nc4c(C)nn(Cc5cccc(Cl)c5)c4C)cc3n2)s1. The highest BCUT2D eigenvalue weighted by atomic mass is 35.5. The van der Waals surface area contributed by atoms with Crippen LogP contribution >= 0.6 is 22.9 Å². The van der Waals surface area contributed by atoms with Crippen LogP contribution in [0, 0.1) is 13.8 Å². The Labute approximate surface area is 224 Å². The largest absolute Gasteiger partial charge is 0.433 e. The number of carbonyl (C=O) groups is 1. The molecular weight excluding hydrogens is 537 g/mol. The van der Waals surface area contributed by atoms with Crippen LogP contribution in [-0.2, 0) is 19.1 Å². The molecule has 7 nitrogen and oxygen atoms in total. The molecule has 1 aromatic carbocycles. The van der Waals surface area contributed by atoms with Crippen molar-refractivity contribution in [3.63, 3.8) is 0 Å². The number of carbonyl (C=O) groups excluding carboxylic acids is 1. The lowest BCUT2D eigenvalue weighted by atomic mass is 10.2. The Morgan fingerprint density at radius 2 is 1.89 bits per heavy atom. The average molecular weight is 559 g/mol. The van der Waals surface area contributed by atoms with Gasteiger partial charge in [0.05, 0.1) is 34.2 Å². The number of rotatable bonds is 6. The van der Waals surface area contributed by atoms with Crippen molar-refractivity contribution in [3.8, 4) is 10.6 Å². The number of nitrogens with zero attached hydrogens (tertiary/aromatic N) is 5. The molecular formula is C26H22ClF3N6OS. The van der Waals surface area contributed by atoms with E-state index in [1.807, 2.05) is 31.2 Å². The number of thiophene rings is 1. The molecule has 4 aromatic heterocycles. The smallest absolute Gasteiger partial charge is 0.317 e. The third-order valence-corrected chi connectivity index (χ3v) is 7.54. The van der Waals surface area contributed by atoms with Gasteiger partial charge >= 0.3 is 6.18 Å². The fourth-order valence-electron chi connectivity index (χ4n) is 4.14. The molecule has 12 heteroatoms. The highest BCUT2D eigenvalue weighted by Crippen LogP contribution is 2.34. The molecule has 0 fully saturated rings. The van der Waals surface area contributed by atoms with Gasteiger partial charge in [-0.2, -0.15) is 23.4 Å². The van der Waals surface area contributed by atoms with Gasteiger partial charge in [0.25, 0.3) is 5.91 Å². The lowest BCUT2D eigenvalue weighted by Gasteiger charge is -2.10. The van der Waals surface area contributed by atoms with E-state index in [0.717, 1.165) is 22.9 Å². The summed E-state index contributed by atoms with van der Waals surface area (Å²) in [4.78, 5) is 19.1. The first-order valence-corrected chi connectivity index (χ1v) is 12.9. The standard InChI is InChI=1S/C26H22ClF3N6OS/c1-4-18-8-9-21(38-18)19-11-22(26(28,29)30)36-23(31-19)12-20(34-36)25(37)32-24-14(2)33-35(15(24)3)13-16-6-5-7-17(27)10-16/h5-12H,4,13H2,1-3H3,(H,32,37). The predicted octanol–water partition coefficient (Wildman–Crippen LogP) is 6.81. The van der Waals surface area contributed by atoms with E-state index in [-0.39, 0.29) is 17.0 Å². The summed E-state index contributed by atoms with van der Waals surface area (Å²) in [7, 11) is 0. The fourth-order valence-corrected chi connectivity index (χ4v) is 5.26. The molecule has 0 saturated carbocycles. The Kier molecular flexibility index (Phi) is 6.74. The quantitative estimate of drug-likeness (QED) is 0.248. The van der Waals surface area contributed by atoms with E-state index in [1.165, 1.54) is 17.4 Å². The monoisotopic (exact) mass is 558 g/mol. The molecule has 0 bridgehead atoms. The zero-order valence-electron chi connectivity index (χ0n) is 20.6. The molecule has 0 aliphatic rings. The molecule has 0 saturated heterocycles. The molecule has 4 heterocycles. The molecule has 0 aliphatic carbocycles. The number of alkyl halides is 3. The molecule has 1 N–H and O–H groups in total. The topological polar surface area (TPSA) is 77.1 Å². The van der Waals surface area contributed by atoms with E-state index in [4.69, 9.17) is 11.6 Å². The van der Waals surface area contributed by atoms with Crippen LogP contribution < -0.4 is 5.32 Å². The Balaban J connectivity index is 1.47. The first-order chi connectivity index (χ1) is 18.0. The van der Waals surface area contributed by atoms with E-state index in [1.54, 1.807) is 30.7 Å². The van der Waals surface area contributed by atoms with Crippen LogP contribution in [0.15, 0.2) is 48.5 Å². The zero-order chi connectivity index (χ0) is 27.2. The maximum Gasteiger partial charge on any atom is 0.433 e. The molecule has 5 rings (SSSR count). The van der Waals surface area contributed by atoms with E-state index in [0.29, 0.717) is 38.0 Å². The molecule has 0 spiro atoms. The average Bonchev–Trinajstić information content (AvgIpc) is 3.57. The van der Waals surface area contributed by atoms with Gasteiger partial charge in [-0.1, -0.05) is 30.7 Å². The molecule has 1 amide bonds. The van der Waals surface area contributed by atoms with Crippen molar-refractivity contribution in [3.05, 3.63) is 86.8 Å². The highest BCUT2D eigenvalue weighted by molar-refractivity contribution is 7.15. The van der Waals surface area contributed by atoms with Gasteiger partial charge in [-0.25, -0.2) is 9.50 Å². The van der Waals surface area contributed by atoms with Crippen molar-refractivity contribution < 1.29 is 18.0 Å². The second-order valence-corrected chi connectivity index (χ2v) is 10.3. The Morgan fingerprint density at radius 3 is 2.58 bits per heavy atom. The summed E-state index contributed by atoms with van der Waals surface area (Å²) in [5.41, 5.74) is 1.53. The number of halogens is 4. The second kappa shape index (κ2) is 9.88. The maximum atomic E-state index is 13.9. The fraction of sp³-hybridized carbons (Fsp3) is 0.231. The lowest BCUT2D eigenvalue weighted by Crippen LogP contribution is -2.16. The van der Waals surface area contributed by atoms with E-state index >= 15 is 0 Å². The van der Waals surface area contributed by atoms with Crippen molar-refractivity contribution in [1.29, 1.82) is 0 Å². The minimum Gasteiger partial charge on any atom is -0.317 e. The van der Waals surface area contributed by atoms with Crippen molar-refractivity contribution in [2.75, 3.05) is 5.32 Å². The zero-order valence-corrected chi connectivity index (χ0v) is 22.2. The van der Waals surface area contributed by atoms with Crippen molar-refractivity contribution >= 4 is 40.2 Å². The number of benzene rings is 1. The van der Waals surface area contributed by atoms with Crippen LogP contribution in [0.2, 0.25) is 5.02 Å². The van der Waals surface area contributed by atoms with Crippen LogP contribution in [0.1, 0.15) is 44.9 Å². The molecule has 5 aromatic rings. The normalized spacial score (nSPS) is 11.9. The summed E-state index contributed by atoms with van der Waals surface area (Å²) in [6.07, 6.45) is -3.93. The highest BCUT2D eigenvalue weighted by Gasteiger charge is 2.36. The maximum absolute atomic E-state index is 13.9. The summed E-state index contributed by atoms with van der Waals surface area (Å²) in [5.74, 6) is -0.664. The first-order valence-electron chi connectivity index (χ1n) is 11.7. The van der Waals surface area contributed by atoms with Gasteiger partial charge in [-0.15, -0.1) is 11.3 Å².